The minimum atomic E-state index is -1.02. The number of nitrogens with one attached hydrogen (secondary N) is 2. The van der Waals surface area contributed by atoms with Gasteiger partial charge >= 0.3 is 5.97 Å². The average molecular weight is 359 g/mol. The number of hydrogen-bond acceptors (Lipinski definition) is 4. The van der Waals surface area contributed by atoms with Crippen LogP contribution in [0.2, 0.25) is 0 Å². The molecule has 0 saturated heterocycles. The molecule has 7 heteroatoms. The zero-order valence-electron chi connectivity index (χ0n) is 13.9. The lowest BCUT2D eigenvalue weighted by atomic mass is 10.0. The van der Waals surface area contributed by atoms with E-state index in [0.29, 0.717) is 34.5 Å². The predicted molar refractivity (Wildman–Crippen MR) is 99.8 cm³/mol. The Kier molecular flexibility index (Phi) is 5.33. The van der Waals surface area contributed by atoms with E-state index in [1.807, 2.05) is 19.1 Å². The van der Waals surface area contributed by atoms with Gasteiger partial charge in [0.1, 0.15) is 5.75 Å². The summed E-state index contributed by atoms with van der Waals surface area (Å²) < 4.78 is 5.30. The third kappa shape index (κ3) is 4.36. The van der Waals surface area contributed by atoms with E-state index in [4.69, 9.17) is 22.1 Å². The monoisotopic (exact) mass is 359 g/mol. The number of ether oxygens (including phenoxy) is 1. The quantitative estimate of drug-likeness (QED) is 0.313. The fourth-order valence-electron chi connectivity index (χ4n) is 3.37. The van der Waals surface area contributed by atoms with Gasteiger partial charge in [-0.05, 0) is 56.0 Å². The number of carbonyl (C=O) groups is 1. The molecule has 25 heavy (non-hydrogen) atoms. The molecule has 1 aromatic carbocycles. The van der Waals surface area contributed by atoms with E-state index in [2.05, 4.69) is 28.0 Å². The topological polar surface area (TPSA) is 83.0 Å². The molecular formula is C18H21N3O3S. The van der Waals surface area contributed by atoms with Gasteiger partial charge in [-0.3, -0.25) is 5.43 Å². The molecule has 2 aliphatic rings. The third-order valence-electron chi connectivity index (χ3n) is 4.55. The summed E-state index contributed by atoms with van der Waals surface area (Å²) in [6.07, 6.45) is 6.86. The lowest BCUT2D eigenvalue weighted by molar-refractivity contribution is -0.139. The van der Waals surface area contributed by atoms with Crippen molar-refractivity contribution >= 4 is 29.0 Å². The number of benzene rings is 1. The number of allylic oxidation sites excluding steroid dienone is 1. The molecule has 0 unspecified atom stereocenters. The van der Waals surface area contributed by atoms with Gasteiger partial charge in [0.05, 0.1) is 5.71 Å². The van der Waals surface area contributed by atoms with Gasteiger partial charge in [-0.15, -0.1) is 0 Å². The Balaban J connectivity index is 1.58. The first-order valence-electron chi connectivity index (χ1n) is 8.26. The summed E-state index contributed by atoms with van der Waals surface area (Å²) >= 11 is 5.33. The number of hydrogen-bond donors (Lipinski definition) is 3. The highest BCUT2D eigenvalue weighted by atomic mass is 32.1. The normalized spacial score (nSPS) is 24.2. The second kappa shape index (κ2) is 7.65. The third-order valence-corrected chi connectivity index (χ3v) is 4.76. The Morgan fingerprint density at radius 1 is 1.36 bits per heavy atom. The fraction of sp³-hybridized carbons (Fsp3) is 0.389. The van der Waals surface area contributed by atoms with Crippen LogP contribution in [0.5, 0.6) is 5.75 Å². The molecule has 6 nitrogen and oxygen atoms in total. The van der Waals surface area contributed by atoms with Crippen LogP contribution in [0.25, 0.3) is 0 Å². The maximum absolute atomic E-state index is 10.7. The summed E-state index contributed by atoms with van der Waals surface area (Å²) in [5.74, 6) is 0.687. The smallest absolute Gasteiger partial charge is 0.341 e. The molecule has 0 radical (unpaired) electrons. The number of fused-ring (bicyclic) bond motifs is 2. The first-order valence-corrected chi connectivity index (χ1v) is 8.67. The van der Waals surface area contributed by atoms with Crippen LogP contribution in [0, 0.1) is 11.8 Å². The van der Waals surface area contributed by atoms with Gasteiger partial charge in [0, 0.05) is 11.6 Å². The van der Waals surface area contributed by atoms with Gasteiger partial charge in [0.25, 0.3) is 0 Å². The lowest BCUT2D eigenvalue weighted by Gasteiger charge is -2.21. The number of carboxylic acids is 1. The molecular weight excluding hydrogens is 338 g/mol. The van der Waals surface area contributed by atoms with Crippen molar-refractivity contribution in [1.82, 2.24) is 10.7 Å². The van der Waals surface area contributed by atoms with Crippen molar-refractivity contribution in [3.63, 3.8) is 0 Å². The van der Waals surface area contributed by atoms with Gasteiger partial charge in [0.15, 0.2) is 11.7 Å². The predicted octanol–water partition coefficient (Wildman–Crippen LogP) is 2.30. The van der Waals surface area contributed by atoms with Gasteiger partial charge in [-0.2, -0.15) is 5.10 Å². The van der Waals surface area contributed by atoms with Crippen molar-refractivity contribution in [2.45, 2.75) is 25.8 Å². The van der Waals surface area contributed by atoms with E-state index >= 15 is 0 Å². The van der Waals surface area contributed by atoms with Crippen LogP contribution in [0.4, 0.5) is 0 Å². The van der Waals surface area contributed by atoms with Crippen molar-refractivity contribution < 1.29 is 14.6 Å². The Morgan fingerprint density at radius 2 is 2.16 bits per heavy atom. The molecule has 3 rings (SSSR count). The molecule has 0 spiro atoms. The van der Waals surface area contributed by atoms with Crippen LogP contribution in [-0.4, -0.2) is 34.5 Å². The molecule has 0 amide bonds. The summed E-state index contributed by atoms with van der Waals surface area (Å²) in [5.41, 5.74) is 4.26. The van der Waals surface area contributed by atoms with Crippen molar-refractivity contribution in [2.75, 3.05) is 6.61 Å². The van der Waals surface area contributed by atoms with Crippen molar-refractivity contribution in [2.24, 2.45) is 16.9 Å². The van der Waals surface area contributed by atoms with Crippen LogP contribution in [0.1, 0.15) is 25.3 Å². The standard InChI is InChI=1S/C18H21N3O3S/c1-11(14-4-2-3-5-16(14)24-10-17(22)23)20-21-18(25)19-15-9-12-6-7-13(15)8-12/h2-7,12-13,15H,8-10H2,1H3,(H,22,23)(H2,19,21,25)/b20-11-/t12-,13+,15-/m1/s1. The molecule has 132 valence electrons. The van der Waals surface area contributed by atoms with Crippen LogP contribution >= 0.6 is 12.2 Å². The molecule has 0 aliphatic heterocycles. The summed E-state index contributed by atoms with van der Waals surface area (Å²) in [5, 5.41) is 16.9. The molecule has 1 saturated carbocycles. The molecule has 1 aromatic rings. The minimum Gasteiger partial charge on any atom is -0.481 e. The fourth-order valence-corrected chi connectivity index (χ4v) is 3.57. The highest BCUT2D eigenvalue weighted by Gasteiger charge is 2.35. The summed E-state index contributed by atoms with van der Waals surface area (Å²) in [7, 11) is 0. The highest BCUT2D eigenvalue weighted by Crippen LogP contribution is 2.38. The van der Waals surface area contributed by atoms with Crippen molar-refractivity contribution in [1.29, 1.82) is 0 Å². The summed E-state index contributed by atoms with van der Waals surface area (Å²) in [4.78, 5) is 10.7. The van der Waals surface area contributed by atoms with E-state index in [1.165, 1.54) is 6.42 Å². The summed E-state index contributed by atoms with van der Waals surface area (Å²) in [6.45, 7) is 1.42. The molecule has 0 aromatic heterocycles. The highest BCUT2D eigenvalue weighted by molar-refractivity contribution is 7.80. The second-order valence-corrected chi connectivity index (χ2v) is 6.76. The van der Waals surface area contributed by atoms with Crippen LogP contribution in [-0.2, 0) is 4.79 Å². The van der Waals surface area contributed by atoms with E-state index in [9.17, 15) is 4.79 Å². The summed E-state index contributed by atoms with van der Waals surface area (Å²) in [6, 6.07) is 7.55. The molecule has 2 bridgehead atoms. The second-order valence-electron chi connectivity index (χ2n) is 6.35. The zero-order chi connectivity index (χ0) is 17.8. The number of thiocarbonyl (C=S) groups is 1. The first kappa shape index (κ1) is 17.4. The van der Waals surface area contributed by atoms with E-state index in [-0.39, 0.29) is 0 Å². The number of hydrazone groups is 1. The van der Waals surface area contributed by atoms with Crippen molar-refractivity contribution in [3.8, 4) is 5.75 Å². The lowest BCUT2D eigenvalue weighted by Crippen LogP contribution is -2.42. The van der Waals surface area contributed by atoms with Gasteiger partial charge < -0.3 is 15.2 Å². The Bertz CT molecular complexity index is 732. The van der Waals surface area contributed by atoms with Gasteiger partial charge in [0.2, 0.25) is 0 Å². The van der Waals surface area contributed by atoms with Crippen LogP contribution < -0.4 is 15.5 Å². The maximum Gasteiger partial charge on any atom is 0.341 e. The largest absolute Gasteiger partial charge is 0.481 e. The molecule has 2 aliphatic carbocycles. The molecule has 3 atom stereocenters. The van der Waals surface area contributed by atoms with Gasteiger partial charge in [-0.1, -0.05) is 24.3 Å². The van der Waals surface area contributed by atoms with Gasteiger partial charge in [-0.25, -0.2) is 4.79 Å². The molecule has 1 fully saturated rings. The number of para-hydroxylation sites is 1. The van der Waals surface area contributed by atoms with Crippen LogP contribution in [0.15, 0.2) is 41.5 Å². The van der Waals surface area contributed by atoms with Crippen molar-refractivity contribution in [3.05, 3.63) is 42.0 Å². The number of rotatable bonds is 6. The Hall–Kier alpha value is -2.41. The number of nitrogens with zero attached hydrogens (tertiary/aromatic N) is 1. The molecule has 3 N–H and O–H groups in total. The van der Waals surface area contributed by atoms with E-state index in [0.717, 1.165) is 12.0 Å². The Labute approximate surface area is 152 Å². The van der Waals surface area contributed by atoms with Crippen LogP contribution in [0.3, 0.4) is 0 Å². The van der Waals surface area contributed by atoms with E-state index in [1.54, 1.807) is 12.1 Å². The molecule has 0 heterocycles. The number of carboxylic acid groups (broad SMARTS) is 1. The van der Waals surface area contributed by atoms with E-state index < -0.39 is 12.6 Å². The number of aliphatic carboxylic acids is 1. The first-order chi connectivity index (χ1) is 12.0. The SMILES string of the molecule is C/C(=N/NC(=S)N[C@@H]1C[C@@H]2C=C[C@H]1C2)c1ccccc1OCC(=O)O. The average Bonchev–Trinajstić information content (AvgIpc) is 3.21. The zero-order valence-corrected chi connectivity index (χ0v) is 14.8. The minimum absolute atomic E-state index is 0.372. The maximum atomic E-state index is 10.7. The Morgan fingerprint density at radius 3 is 2.84 bits per heavy atom.